The minimum absolute atomic E-state index is 0.228. The standard InChI is InChI=1S/C24H18BrN3O2/c1-30-18-9-4-15(5-10-18)23-22(14-2-7-17(29)8-3-14)27-24(28-23)20-13-26-21-11-6-16(25)12-19(20)21/h2-13,26,29H,1H3,(H,27,28). The Morgan fingerprint density at radius 1 is 0.933 bits per heavy atom. The van der Waals surface area contributed by atoms with Crippen molar-refractivity contribution in [1.29, 1.82) is 0 Å². The average molecular weight is 460 g/mol. The molecule has 0 unspecified atom stereocenters. The molecule has 6 heteroatoms. The van der Waals surface area contributed by atoms with Crippen molar-refractivity contribution in [2.24, 2.45) is 0 Å². The van der Waals surface area contributed by atoms with E-state index in [1.165, 1.54) is 0 Å². The van der Waals surface area contributed by atoms with Gasteiger partial charge < -0.3 is 19.8 Å². The first-order valence-electron chi connectivity index (χ1n) is 9.43. The quantitative estimate of drug-likeness (QED) is 0.292. The summed E-state index contributed by atoms with van der Waals surface area (Å²) in [6.45, 7) is 0. The molecule has 0 aliphatic heterocycles. The molecule has 2 heterocycles. The fraction of sp³-hybridized carbons (Fsp3) is 0.0417. The second-order valence-corrected chi connectivity index (χ2v) is 7.89. The third-order valence-electron chi connectivity index (χ3n) is 5.12. The molecule has 5 aromatic rings. The topological polar surface area (TPSA) is 73.9 Å². The molecule has 5 nitrogen and oxygen atoms in total. The van der Waals surface area contributed by atoms with Crippen LogP contribution in [0.1, 0.15) is 0 Å². The smallest absolute Gasteiger partial charge is 0.140 e. The van der Waals surface area contributed by atoms with Gasteiger partial charge in [-0.25, -0.2) is 4.98 Å². The normalized spacial score (nSPS) is 11.1. The minimum Gasteiger partial charge on any atom is -0.508 e. The Kier molecular flexibility index (Phi) is 4.56. The summed E-state index contributed by atoms with van der Waals surface area (Å²) in [4.78, 5) is 11.8. The van der Waals surface area contributed by atoms with E-state index in [-0.39, 0.29) is 5.75 Å². The summed E-state index contributed by atoms with van der Waals surface area (Å²) in [7, 11) is 1.65. The summed E-state index contributed by atoms with van der Waals surface area (Å²) in [5.74, 6) is 1.79. The maximum Gasteiger partial charge on any atom is 0.140 e. The number of H-pyrrole nitrogens is 2. The molecule has 0 atom stereocenters. The number of aromatic amines is 2. The van der Waals surface area contributed by atoms with Gasteiger partial charge in [0.15, 0.2) is 0 Å². The number of fused-ring (bicyclic) bond motifs is 1. The molecule has 2 aromatic heterocycles. The lowest BCUT2D eigenvalue weighted by atomic mass is 10.0. The van der Waals surface area contributed by atoms with Crippen molar-refractivity contribution >= 4 is 26.8 Å². The van der Waals surface area contributed by atoms with Crippen molar-refractivity contribution in [2.45, 2.75) is 0 Å². The molecule has 3 aromatic carbocycles. The predicted molar refractivity (Wildman–Crippen MR) is 123 cm³/mol. The largest absolute Gasteiger partial charge is 0.508 e. The Balaban J connectivity index is 1.71. The molecular weight excluding hydrogens is 442 g/mol. The Hall–Kier alpha value is -3.51. The molecule has 0 amide bonds. The van der Waals surface area contributed by atoms with Crippen LogP contribution in [0, 0.1) is 0 Å². The molecule has 0 radical (unpaired) electrons. The molecule has 0 fully saturated rings. The van der Waals surface area contributed by atoms with Crippen LogP contribution >= 0.6 is 15.9 Å². The second kappa shape index (κ2) is 7.39. The maximum atomic E-state index is 9.70. The number of phenolic OH excluding ortho intramolecular Hbond substituents is 1. The van der Waals surface area contributed by atoms with E-state index >= 15 is 0 Å². The third kappa shape index (κ3) is 3.25. The van der Waals surface area contributed by atoms with Gasteiger partial charge in [0, 0.05) is 38.3 Å². The SMILES string of the molecule is COc1ccc(-c2nc(-c3c[nH]c4ccc(Br)cc34)[nH]c2-c2ccc(O)cc2)cc1. The number of hydrogen-bond donors (Lipinski definition) is 3. The number of rotatable bonds is 4. The molecule has 0 aliphatic carbocycles. The van der Waals surface area contributed by atoms with Gasteiger partial charge in [0.05, 0.1) is 18.5 Å². The van der Waals surface area contributed by atoms with Crippen molar-refractivity contribution in [1.82, 2.24) is 15.0 Å². The summed E-state index contributed by atoms with van der Waals surface area (Å²) in [5, 5.41) is 10.8. The lowest BCUT2D eigenvalue weighted by Crippen LogP contribution is -1.85. The maximum absolute atomic E-state index is 9.70. The molecule has 5 rings (SSSR count). The zero-order valence-electron chi connectivity index (χ0n) is 16.1. The van der Waals surface area contributed by atoms with E-state index in [0.717, 1.165) is 55.0 Å². The number of ether oxygens (including phenoxy) is 1. The van der Waals surface area contributed by atoms with Gasteiger partial charge in [0.25, 0.3) is 0 Å². The van der Waals surface area contributed by atoms with Crippen molar-refractivity contribution < 1.29 is 9.84 Å². The Morgan fingerprint density at radius 2 is 1.67 bits per heavy atom. The van der Waals surface area contributed by atoms with Crippen LogP contribution in [0.15, 0.2) is 77.4 Å². The molecule has 0 saturated carbocycles. The fourth-order valence-electron chi connectivity index (χ4n) is 3.58. The number of phenols is 1. The van der Waals surface area contributed by atoms with E-state index in [1.54, 1.807) is 19.2 Å². The van der Waals surface area contributed by atoms with E-state index in [2.05, 4.69) is 32.0 Å². The van der Waals surface area contributed by atoms with Crippen LogP contribution in [0.2, 0.25) is 0 Å². The second-order valence-electron chi connectivity index (χ2n) is 6.98. The average Bonchev–Trinajstić information content (AvgIpc) is 3.38. The van der Waals surface area contributed by atoms with Crippen LogP contribution in [0.4, 0.5) is 0 Å². The van der Waals surface area contributed by atoms with Crippen molar-refractivity contribution in [3.8, 4) is 45.4 Å². The summed E-state index contributed by atoms with van der Waals surface area (Å²) < 4.78 is 6.30. The molecule has 3 N–H and O–H groups in total. The predicted octanol–water partition coefficient (Wildman–Crippen LogP) is 6.37. The van der Waals surface area contributed by atoms with Gasteiger partial charge in [0.2, 0.25) is 0 Å². The molecule has 30 heavy (non-hydrogen) atoms. The minimum atomic E-state index is 0.228. The van der Waals surface area contributed by atoms with Crippen molar-refractivity contribution in [3.63, 3.8) is 0 Å². The number of halogens is 1. The number of benzene rings is 3. The number of aromatic nitrogens is 3. The van der Waals surface area contributed by atoms with E-state index in [0.29, 0.717) is 0 Å². The summed E-state index contributed by atoms with van der Waals surface area (Å²) >= 11 is 3.56. The zero-order valence-corrected chi connectivity index (χ0v) is 17.7. The third-order valence-corrected chi connectivity index (χ3v) is 5.62. The number of imidazole rings is 1. The van der Waals surface area contributed by atoms with Gasteiger partial charge >= 0.3 is 0 Å². The molecule has 0 bridgehead atoms. The lowest BCUT2D eigenvalue weighted by Gasteiger charge is -2.05. The highest BCUT2D eigenvalue weighted by Crippen LogP contribution is 2.36. The van der Waals surface area contributed by atoms with Gasteiger partial charge in [-0.2, -0.15) is 0 Å². The van der Waals surface area contributed by atoms with E-state index in [4.69, 9.17) is 9.72 Å². The Bertz CT molecular complexity index is 1340. The highest BCUT2D eigenvalue weighted by atomic mass is 79.9. The van der Waals surface area contributed by atoms with Gasteiger partial charge in [-0.05, 0) is 66.7 Å². The van der Waals surface area contributed by atoms with Crippen LogP contribution in [0.3, 0.4) is 0 Å². The first-order valence-corrected chi connectivity index (χ1v) is 10.2. The van der Waals surface area contributed by atoms with Gasteiger partial charge in [0.1, 0.15) is 17.3 Å². The number of methoxy groups -OCH3 is 1. The summed E-state index contributed by atoms with van der Waals surface area (Å²) in [5.41, 5.74) is 5.68. The monoisotopic (exact) mass is 459 g/mol. The highest BCUT2D eigenvalue weighted by molar-refractivity contribution is 9.10. The molecular formula is C24H18BrN3O2. The Labute approximate surface area is 181 Å². The fourth-order valence-corrected chi connectivity index (χ4v) is 3.95. The van der Waals surface area contributed by atoms with Gasteiger partial charge in [-0.3, -0.25) is 0 Å². The lowest BCUT2D eigenvalue weighted by molar-refractivity contribution is 0.415. The molecule has 0 saturated heterocycles. The summed E-state index contributed by atoms with van der Waals surface area (Å²) in [6, 6.07) is 21.1. The van der Waals surface area contributed by atoms with Gasteiger partial charge in [-0.1, -0.05) is 15.9 Å². The summed E-state index contributed by atoms with van der Waals surface area (Å²) in [6.07, 6.45) is 1.97. The molecule has 0 aliphatic rings. The zero-order chi connectivity index (χ0) is 20.7. The highest BCUT2D eigenvalue weighted by Gasteiger charge is 2.17. The first kappa shape index (κ1) is 18.5. The van der Waals surface area contributed by atoms with Crippen molar-refractivity contribution in [3.05, 3.63) is 77.4 Å². The van der Waals surface area contributed by atoms with E-state index in [1.807, 2.05) is 54.7 Å². The number of nitrogens with zero attached hydrogens (tertiary/aromatic N) is 1. The first-order chi connectivity index (χ1) is 14.6. The molecule has 0 spiro atoms. The van der Waals surface area contributed by atoms with Crippen LogP contribution < -0.4 is 4.74 Å². The number of nitrogens with one attached hydrogen (secondary N) is 2. The van der Waals surface area contributed by atoms with E-state index in [9.17, 15) is 5.11 Å². The van der Waals surface area contributed by atoms with Crippen LogP contribution in [-0.4, -0.2) is 27.2 Å². The number of hydrogen-bond acceptors (Lipinski definition) is 3. The van der Waals surface area contributed by atoms with Crippen molar-refractivity contribution in [2.75, 3.05) is 7.11 Å². The molecule has 148 valence electrons. The number of aromatic hydroxyl groups is 1. The van der Waals surface area contributed by atoms with Crippen LogP contribution in [0.5, 0.6) is 11.5 Å². The Morgan fingerprint density at radius 3 is 2.40 bits per heavy atom. The van der Waals surface area contributed by atoms with Gasteiger partial charge in [-0.15, -0.1) is 0 Å². The van der Waals surface area contributed by atoms with E-state index < -0.39 is 0 Å². The van der Waals surface area contributed by atoms with Crippen LogP contribution in [-0.2, 0) is 0 Å². The van der Waals surface area contributed by atoms with Crippen LogP contribution in [0.25, 0.3) is 44.8 Å².